The Kier molecular flexibility index (Phi) is 4.02. The summed E-state index contributed by atoms with van der Waals surface area (Å²) in [6.07, 6.45) is 0.418. The number of esters is 2. The average Bonchev–Trinajstić information content (AvgIpc) is 2.71. The number of nitrogens with zero attached hydrogens (tertiary/aromatic N) is 3. The molecule has 0 amide bonds. The third kappa shape index (κ3) is 2.35. The van der Waals surface area contributed by atoms with E-state index in [1.807, 2.05) is 0 Å². The summed E-state index contributed by atoms with van der Waals surface area (Å²) in [6.45, 7) is 1.76. The quantitative estimate of drug-likeness (QED) is 0.726. The Balaban J connectivity index is 3.10. The lowest BCUT2D eigenvalue weighted by Gasteiger charge is -2.13. The average molecular weight is 242 g/mol. The van der Waals surface area contributed by atoms with Gasteiger partial charge in [-0.3, -0.25) is 0 Å². The topological polar surface area (TPSA) is 109 Å². The van der Waals surface area contributed by atoms with Crippen molar-refractivity contribution >= 4 is 17.8 Å². The van der Waals surface area contributed by atoms with E-state index in [0.29, 0.717) is 6.42 Å². The van der Waals surface area contributed by atoms with Crippen LogP contribution in [0, 0.1) is 0 Å². The summed E-state index contributed by atoms with van der Waals surface area (Å²) >= 11 is 0. The van der Waals surface area contributed by atoms with Crippen molar-refractivity contribution in [2.45, 2.75) is 19.4 Å². The van der Waals surface area contributed by atoms with Crippen LogP contribution in [0.3, 0.4) is 0 Å². The summed E-state index contributed by atoms with van der Waals surface area (Å²) in [5, 5.41) is 7.24. The van der Waals surface area contributed by atoms with Crippen LogP contribution in [-0.4, -0.2) is 41.2 Å². The third-order valence-corrected chi connectivity index (χ3v) is 2.26. The first-order chi connectivity index (χ1) is 8.06. The van der Waals surface area contributed by atoms with Crippen LogP contribution in [-0.2, 0) is 14.3 Å². The van der Waals surface area contributed by atoms with Gasteiger partial charge in [-0.15, -0.1) is 5.10 Å². The molecule has 1 unspecified atom stereocenters. The molecule has 0 fully saturated rings. The minimum Gasteiger partial charge on any atom is -0.467 e. The summed E-state index contributed by atoms with van der Waals surface area (Å²) in [5.41, 5.74) is 5.56. The van der Waals surface area contributed by atoms with E-state index in [9.17, 15) is 9.59 Å². The fraction of sp³-hybridized carbons (Fsp3) is 0.556. The van der Waals surface area contributed by atoms with Gasteiger partial charge in [-0.05, 0) is 6.42 Å². The second-order valence-electron chi connectivity index (χ2n) is 3.21. The fourth-order valence-electron chi connectivity index (χ4n) is 1.35. The molecule has 0 spiro atoms. The molecule has 1 atom stereocenters. The Morgan fingerprint density at radius 1 is 1.41 bits per heavy atom. The maximum Gasteiger partial charge on any atom is 0.362 e. The van der Waals surface area contributed by atoms with E-state index in [0.717, 1.165) is 4.68 Å². The highest BCUT2D eigenvalue weighted by molar-refractivity contribution is 5.92. The molecule has 0 radical (unpaired) electrons. The number of carbonyl (C=O) groups excluding carboxylic acids is 2. The standard InChI is InChI=1S/C9H14N4O4/c1-4-5(8(14)16-2)13-7(10)6(11-12-13)9(15)17-3/h5H,4,10H2,1-3H3. The van der Waals surface area contributed by atoms with E-state index in [-0.39, 0.29) is 11.5 Å². The number of nitrogens with two attached hydrogens (primary N) is 1. The lowest BCUT2D eigenvalue weighted by atomic mass is 10.2. The largest absolute Gasteiger partial charge is 0.467 e. The molecule has 1 rings (SSSR count). The maximum absolute atomic E-state index is 11.5. The van der Waals surface area contributed by atoms with Crippen molar-refractivity contribution in [1.82, 2.24) is 15.0 Å². The van der Waals surface area contributed by atoms with Gasteiger partial charge in [0, 0.05) is 0 Å². The van der Waals surface area contributed by atoms with Gasteiger partial charge < -0.3 is 15.2 Å². The molecule has 1 heterocycles. The molecule has 0 aliphatic carbocycles. The van der Waals surface area contributed by atoms with Gasteiger partial charge >= 0.3 is 11.9 Å². The monoisotopic (exact) mass is 242 g/mol. The molecule has 94 valence electrons. The van der Waals surface area contributed by atoms with E-state index in [2.05, 4.69) is 19.8 Å². The fourth-order valence-corrected chi connectivity index (χ4v) is 1.35. The molecule has 1 aromatic rings. The Hall–Kier alpha value is -2.12. The van der Waals surface area contributed by atoms with E-state index in [1.165, 1.54) is 14.2 Å². The number of hydrogen-bond donors (Lipinski definition) is 1. The Bertz CT molecular complexity index is 429. The van der Waals surface area contributed by atoms with Crippen LogP contribution < -0.4 is 5.73 Å². The second kappa shape index (κ2) is 5.28. The van der Waals surface area contributed by atoms with Gasteiger partial charge in [0.2, 0.25) is 5.69 Å². The Morgan fingerprint density at radius 3 is 2.53 bits per heavy atom. The van der Waals surface area contributed by atoms with Crippen LogP contribution in [0.2, 0.25) is 0 Å². The highest BCUT2D eigenvalue weighted by Crippen LogP contribution is 2.18. The molecular formula is C9H14N4O4. The molecule has 0 saturated heterocycles. The van der Waals surface area contributed by atoms with Crippen molar-refractivity contribution in [2.75, 3.05) is 20.0 Å². The summed E-state index contributed by atoms with van der Waals surface area (Å²) < 4.78 is 10.2. The van der Waals surface area contributed by atoms with Gasteiger partial charge in [-0.2, -0.15) is 0 Å². The first-order valence-corrected chi connectivity index (χ1v) is 4.93. The smallest absolute Gasteiger partial charge is 0.362 e. The second-order valence-corrected chi connectivity index (χ2v) is 3.21. The predicted molar refractivity (Wildman–Crippen MR) is 57.1 cm³/mol. The number of aromatic nitrogens is 3. The zero-order valence-electron chi connectivity index (χ0n) is 9.84. The van der Waals surface area contributed by atoms with Gasteiger partial charge in [0.1, 0.15) is 0 Å². The maximum atomic E-state index is 11.5. The number of hydrogen-bond acceptors (Lipinski definition) is 7. The highest BCUT2D eigenvalue weighted by atomic mass is 16.5. The van der Waals surface area contributed by atoms with Crippen LogP contribution >= 0.6 is 0 Å². The molecule has 0 aliphatic rings. The van der Waals surface area contributed by atoms with Crippen LogP contribution in [0.15, 0.2) is 0 Å². The van der Waals surface area contributed by atoms with Crippen LogP contribution in [0.1, 0.15) is 29.9 Å². The zero-order valence-corrected chi connectivity index (χ0v) is 9.84. The SMILES string of the molecule is CCC(C(=O)OC)n1nnc(C(=O)OC)c1N. The lowest BCUT2D eigenvalue weighted by Crippen LogP contribution is -2.23. The molecule has 0 saturated carbocycles. The minimum absolute atomic E-state index is 0.0194. The van der Waals surface area contributed by atoms with Crippen molar-refractivity contribution in [3.8, 4) is 0 Å². The van der Waals surface area contributed by atoms with Crippen LogP contribution in [0.25, 0.3) is 0 Å². The first-order valence-electron chi connectivity index (χ1n) is 4.93. The normalized spacial score (nSPS) is 11.9. The van der Waals surface area contributed by atoms with E-state index in [1.54, 1.807) is 6.92 Å². The number of methoxy groups -OCH3 is 2. The zero-order chi connectivity index (χ0) is 13.0. The predicted octanol–water partition coefficient (Wildman–Crippen LogP) is -0.229. The molecule has 2 N–H and O–H groups in total. The molecule has 17 heavy (non-hydrogen) atoms. The number of carbonyl (C=O) groups is 2. The Labute approximate surface area is 97.7 Å². The van der Waals surface area contributed by atoms with E-state index < -0.39 is 18.0 Å². The highest BCUT2D eigenvalue weighted by Gasteiger charge is 2.26. The number of anilines is 1. The molecular weight excluding hydrogens is 228 g/mol. The summed E-state index contributed by atoms with van der Waals surface area (Å²) in [5.74, 6) is -1.22. The van der Waals surface area contributed by atoms with Crippen LogP contribution in [0.5, 0.6) is 0 Å². The molecule has 1 aromatic heterocycles. The van der Waals surface area contributed by atoms with Crippen LogP contribution in [0.4, 0.5) is 5.82 Å². The van der Waals surface area contributed by atoms with Gasteiger partial charge in [0.25, 0.3) is 0 Å². The number of nitrogen functional groups attached to an aromatic ring is 1. The first kappa shape index (κ1) is 12.9. The summed E-state index contributed by atoms with van der Waals surface area (Å²) in [4.78, 5) is 22.7. The summed E-state index contributed by atoms with van der Waals surface area (Å²) in [6, 6.07) is -0.703. The lowest BCUT2D eigenvalue weighted by molar-refractivity contribution is -0.145. The van der Waals surface area contributed by atoms with Crippen molar-refractivity contribution in [3.63, 3.8) is 0 Å². The van der Waals surface area contributed by atoms with Crippen molar-refractivity contribution in [3.05, 3.63) is 5.69 Å². The minimum atomic E-state index is -0.703. The van der Waals surface area contributed by atoms with Gasteiger partial charge in [-0.25, -0.2) is 14.3 Å². The number of ether oxygens (including phenoxy) is 2. The van der Waals surface area contributed by atoms with Gasteiger partial charge in [0.05, 0.1) is 14.2 Å². The van der Waals surface area contributed by atoms with Crippen molar-refractivity contribution in [1.29, 1.82) is 0 Å². The molecule has 0 aromatic carbocycles. The Morgan fingerprint density at radius 2 is 2.06 bits per heavy atom. The molecule has 8 heteroatoms. The van der Waals surface area contributed by atoms with Gasteiger partial charge in [-0.1, -0.05) is 12.1 Å². The van der Waals surface area contributed by atoms with Crippen molar-refractivity contribution < 1.29 is 19.1 Å². The third-order valence-electron chi connectivity index (χ3n) is 2.26. The van der Waals surface area contributed by atoms with E-state index >= 15 is 0 Å². The molecule has 0 bridgehead atoms. The van der Waals surface area contributed by atoms with Crippen molar-refractivity contribution in [2.24, 2.45) is 0 Å². The molecule has 8 nitrogen and oxygen atoms in total. The molecule has 0 aliphatic heterocycles. The number of rotatable bonds is 4. The summed E-state index contributed by atoms with van der Waals surface area (Å²) in [7, 11) is 2.47. The van der Waals surface area contributed by atoms with Gasteiger partial charge in [0.15, 0.2) is 11.9 Å². The van der Waals surface area contributed by atoms with E-state index in [4.69, 9.17) is 5.73 Å².